The molecule has 0 saturated carbocycles. The molecule has 1 unspecified atom stereocenters. The number of carbonyl (C=O) groups is 1. The van der Waals surface area contributed by atoms with Crippen LogP contribution in [0.15, 0.2) is 29.2 Å². The van der Waals surface area contributed by atoms with Gasteiger partial charge in [-0.15, -0.1) is 11.8 Å². The normalized spacial score (nSPS) is 22.1. The van der Waals surface area contributed by atoms with Crippen LogP contribution in [0.3, 0.4) is 0 Å². The molecule has 0 aromatic heterocycles. The van der Waals surface area contributed by atoms with Gasteiger partial charge >= 0.3 is 0 Å². The number of benzene rings is 1. The van der Waals surface area contributed by atoms with Gasteiger partial charge in [0.1, 0.15) is 0 Å². The van der Waals surface area contributed by atoms with Gasteiger partial charge in [-0.05, 0) is 19.1 Å². The summed E-state index contributed by atoms with van der Waals surface area (Å²) in [6.07, 6.45) is 0. The minimum Gasteiger partial charge on any atom is -0.281 e. The Bertz CT molecular complexity index is 322. The molecular formula is C9H8OS2. The fourth-order valence-electron chi connectivity index (χ4n) is 1.16. The molecule has 0 fully saturated rings. The summed E-state index contributed by atoms with van der Waals surface area (Å²) >= 11 is 3.17. The van der Waals surface area contributed by atoms with Gasteiger partial charge in [0.2, 0.25) is 5.12 Å². The number of carbonyl (C=O) groups excluding carboxylic acids is 1. The van der Waals surface area contributed by atoms with Crippen LogP contribution in [0.2, 0.25) is 0 Å². The summed E-state index contributed by atoms with van der Waals surface area (Å²) in [6.45, 7) is 2.06. The van der Waals surface area contributed by atoms with Gasteiger partial charge in [-0.2, -0.15) is 0 Å². The quantitative estimate of drug-likeness (QED) is 0.635. The molecule has 0 radical (unpaired) electrons. The third-order valence-electron chi connectivity index (χ3n) is 1.67. The summed E-state index contributed by atoms with van der Waals surface area (Å²) in [5.74, 6) is 0. The monoisotopic (exact) mass is 196 g/mol. The zero-order valence-electron chi connectivity index (χ0n) is 6.61. The van der Waals surface area contributed by atoms with Gasteiger partial charge in [0.05, 0.1) is 4.58 Å². The molecule has 3 heteroatoms. The van der Waals surface area contributed by atoms with Crippen molar-refractivity contribution in [3.63, 3.8) is 0 Å². The second kappa shape index (κ2) is 3.15. The fourth-order valence-corrected chi connectivity index (χ4v) is 3.39. The van der Waals surface area contributed by atoms with Gasteiger partial charge in [-0.25, -0.2) is 0 Å². The fraction of sp³-hybridized carbons (Fsp3) is 0.222. The van der Waals surface area contributed by atoms with E-state index in [1.165, 1.54) is 11.8 Å². The second-order valence-electron chi connectivity index (χ2n) is 2.59. The summed E-state index contributed by atoms with van der Waals surface area (Å²) in [4.78, 5) is 12.6. The molecule has 0 bridgehead atoms. The first-order chi connectivity index (χ1) is 5.77. The van der Waals surface area contributed by atoms with Crippen LogP contribution in [0.5, 0.6) is 0 Å². The molecule has 0 saturated heterocycles. The number of thioether (sulfide) groups is 2. The maximum Gasteiger partial charge on any atom is 0.221 e. The van der Waals surface area contributed by atoms with Crippen molar-refractivity contribution in [2.75, 3.05) is 0 Å². The van der Waals surface area contributed by atoms with Crippen LogP contribution in [0, 0.1) is 0 Å². The SMILES string of the molecule is CC1SC(=O)c2ccccc2S1. The molecule has 0 aliphatic carbocycles. The van der Waals surface area contributed by atoms with E-state index in [9.17, 15) is 4.79 Å². The number of hydrogen-bond acceptors (Lipinski definition) is 3. The standard InChI is InChI=1S/C9H8OS2/c1-6-11-8-5-3-2-4-7(8)9(10)12-6/h2-6H,1H3. The molecule has 1 atom stereocenters. The molecule has 1 nitrogen and oxygen atoms in total. The average molecular weight is 196 g/mol. The van der Waals surface area contributed by atoms with Crippen LogP contribution >= 0.6 is 23.5 Å². The molecule has 1 heterocycles. The maximum atomic E-state index is 11.4. The number of fused-ring (bicyclic) bond motifs is 1. The van der Waals surface area contributed by atoms with Crippen molar-refractivity contribution >= 4 is 28.6 Å². The highest BCUT2D eigenvalue weighted by Gasteiger charge is 2.22. The van der Waals surface area contributed by atoms with Crippen LogP contribution in [0.1, 0.15) is 17.3 Å². The Balaban J connectivity index is 2.47. The van der Waals surface area contributed by atoms with E-state index in [-0.39, 0.29) is 5.12 Å². The summed E-state index contributed by atoms with van der Waals surface area (Å²) in [6, 6.07) is 7.79. The van der Waals surface area contributed by atoms with Crippen molar-refractivity contribution < 1.29 is 4.79 Å². The highest BCUT2D eigenvalue weighted by Crippen LogP contribution is 2.40. The first-order valence-electron chi connectivity index (χ1n) is 3.74. The summed E-state index contributed by atoms with van der Waals surface area (Å²) in [5.41, 5.74) is 0.866. The lowest BCUT2D eigenvalue weighted by Crippen LogP contribution is -2.07. The highest BCUT2D eigenvalue weighted by molar-refractivity contribution is 8.26. The first kappa shape index (κ1) is 8.20. The van der Waals surface area contributed by atoms with E-state index in [0.29, 0.717) is 4.58 Å². The molecule has 1 aromatic rings. The van der Waals surface area contributed by atoms with E-state index in [1.54, 1.807) is 11.8 Å². The Morgan fingerprint density at radius 1 is 1.25 bits per heavy atom. The Labute approximate surface area is 79.9 Å². The lowest BCUT2D eigenvalue weighted by atomic mass is 10.2. The zero-order valence-corrected chi connectivity index (χ0v) is 8.24. The van der Waals surface area contributed by atoms with Crippen LogP contribution in [0.4, 0.5) is 0 Å². The molecular weight excluding hydrogens is 188 g/mol. The average Bonchev–Trinajstić information content (AvgIpc) is 2.04. The van der Waals surface area contributed by atoms with Gasteiger partial charge in [0, 0.05) is 10.5 Å². The Kier molecular flexibility index (Phi) is 2.15. The zero-order chi connectivity index (χ0) is 8.55. The molecule has 0 N–H and O–H groups in total. The second-order valence-corrected chi connectivity index (χ2v) is 5.58. The Morgan fingerprint density at radius 3 is 2.83 bits per heavy atom. The van der Waals surface area contributed by atoms with Gasteiger partial charge in [0.15, 0.2) is 0 Å². The van der Waals surface area contributed by atoms with E-state index in [4.69, 9.17) is 0 Å². The Hall–Kier alpha value is -0.410. The van der Waals surface area contributed by atoms with E-state index < -0.39 is 0 Å². The first-order valence-corrected chi connectivity index (χ1v) is 5.50. The number of rotatable bonds is 0. The molecule has 2 rings (SSSR count). The van der Waals surface area contributed by atoms with Crippen molar-refractivity contribution in [3.8, 4) is 0 Å². The summed E-state index contributed by atoms with van der Waals surface area (Å²) < 4.78 is 0.354. The van der Waals surface area contributed by atoms with Crippen molar-refractivity contribution in [1.82, 2.24) is 0 Å². The van der Waals surface area contributed by atoms with Crippen molar-refractivity contribution in [1.29, 1.82) is 0 Å². The predicted octanol–water partition coefficient (Wildman–Crippen LogP) is 3.01. The van der Waals surface area contributed by atoms with Gasteiger partial charge < -0.3 is 0 Å². The van der Waals surface area contributed by atoms with Crippen molar-refractivity contribution in [2.24, 2.45) is 0 Å². The lowest BCUT2D eigenvalue weighted by molar-refractivity contribution is 0.108. The van der Waals surface area contributed by atoms with E-state index in [2.05, 4.69) is 6.92 Å². The summed E-state index contributed by atoms with van der Waals surface area (Å²) in [7, 11) is 0. The van der Waals surface area contributed by atoms with Crippen LogP contribution in [-0.4, -0.2) is 9.70 Å². The van der Waals surface area contributed by atoms with Crippen LogP contribution < -0.4 is 0 Å². The highest BCUT2D eigenvalue weighted by atomic mass is 32.2. The largest absolute Gasteiger partial charge is 0.281 e. The maximum absolute atomic E-state index is 11.4. The molecule has 1 aromatic carbocycles. The predicted molar refractivity (Wildman–Crippen MR) is 53.7 cm³/mol. The Morgan fingerprint density at radius 2 is 2.00 bits per heavy atom. The topological polar surface area (TPSA) is 17.1 Å². The van der Waals surface area contributed by atoms with Gasteiger partial charge in [-0.3, -0.25) is 4.79 Å². The number of hydrogen-bond donors (Lipinski definition) is 0. The third kappa shape index (κ3) is 1.39. The smallest absolute Gasteiger partial charge is 0.221 e. The van der Waals surface area contributed by atoms with Crippen molar-refractivity contribution in [2.45, 2.75) is 16.4 Å². The minimum atomic E-state index is 0.205. The lowest BCUT2D eigenvalue weighted by Gasteiger charge is -2.18. The third-order valence-corrected chi connectivity index (χ3v) is 3.96. The molecule has 0 amide bonds. The van der Waals surface area contributed by atoms with E-state index >= 15 is 0 Å². The van der Waals surface area contributed by atoms with E-state index in [1.807, 2.05) is 24.3 Å². The van der Waals surface area contributed by atoms with E-state index in [0.717, 1.165) is 10.5 Å². The molecule has 1 aliphatic rings. The van der Waals surface area contributed by atoms with Crippen LogP contribution in [0.25, 0.3) is 0 Å². The summed E-state index contributed by atoms with van der Waals surface area (Å²) in [5, 5.41) is 0.205. The van der Waals surface area contributed by atoms with Gasteiger partial charge in [-0.1, -0.05) is 23.9 Å². The molecule has 0 spiro atoms. The molecule has 62 valence electrons. The van der Waals surface area contributed by atoms with Crippen LogP contribution in [-0.2, 0) is 0 Å². The minimum absolute atomic E-state index is 0.205. The van der Waals surface area contributed by atoms with Gasteiger partial charge in [0.25, 0.3) is 0 Å². The molecule has 12 heavy (non-hydrogen) atoms. The van der Waals surface area contributed by atoms with Crippen molar-refractivity contribution in [3.05, 3.63) is 29.8 Å². The molecule has 1 aliphatic heterocycles.